The van der Waals surface area contributed by atoms with Gasteiger partial charge in [-0.05, 0) is 117 Å². The number of benzene rings is 6. The largest absolute Gasteiger partial charge is 0.542 e. The fourth-order valence-corrected chi connectivity index (χ4v) is 10.4. The number of hydrogen-bond acceptors (Lipinski definition) is 12. The second kappa shape index (κ2) is 28.9. The predicted molar refractivity (Wildman–Crippen MR) is 294 cm³/mol. The number of aliphatic carboxylic acids is 2. The number of carboxylic acids is 2. The van der Waals surface area contributed by atoms with Crippen molar-refractivity contribution in [1.82, 2.24) is 19.2 Å². The van der Waals surface area contributed by atoms with Gasteiger partial charge in [0.2, 0.25) is 20.0 Å². The highest BCUT2D eigenvalue weighted by Gasteiger charge is 2.30. The van der Waals surface area contributed by atoms with Crippen LogP contribution in [0.3, 0.4) is 0 Å². The molecule has 0 aromatic heterocycles. The third kappa shape index (κ3) is 21.5. The number of sulfonamides is 2. The van der Waals surface area contributed by atoms with E-state index in [-0.39, 0.29) is 22.9 Å². The van der Waals surface area contributed by atoms with Gasteiger partial charge in [0.1, 0.15) is 23.4 Å². The van der Waals surface area contributed by atoms with E-state index in [0.717, 1.165) is 81.6 Å². The van der Waals surface area contributed by atoms with Gasteiger partial charge in [0.25, 0.3) is 0 Å². The molecule has 2 heterocycles. The van der Waals surface area contributed by atoms with Gasteiger partial charge in [0.05, 0.1) is 78.4 Å². The number of carbonyl (C=O) groups excluding carboxylic acids is 2. The van der Waals surface area contributed by atoms with E-state index in [1.165, 1.54) is 37.3 Å². The van der Waals surface area contributed by atoms with Crippen LogP contribution in [0.5, 0.6) is 11.5 Å². The van der Waals surface area contributed by atoms with E-state index < -0.39 is 44.3 Å². The number of rotatable bonds is 16. The highest BCUT2D eigenvalue weighted by molar-refractivity contribution is 7.89. The van der Waals surface area contributed by atoms with Gasteiger partial charge in [0, 0.05) is 52.4 Å². The molecule has 444 valence electrons. The third-order valence-electron chi connectivity index (χ3n) is 13.4. The van der Waals surface area contributed by atoms with Gasteiger partial charge in [-0.15, -0.1) is 0 Å². The van der Waals surface area contributed by atoms with Gasteiger partial charge in [-0.25, -0.2) is 26.3 Å². The van der Waals surface area contributed by atoms with E-state index in [1.54, 1.807) is 62.8 Å². The van der Waals surface area contributed by atoms with Gasteiger partial charge in [-0.2, -0.15) is 26.3 Å². The minimum absolute atomic E-state index is 0.219. The molecule has 0 bridgehead atoms. The van der Waals surface area contributed by atoms with Gasteiger partial charge >= 0.3 is 12.4 Å². The Morgan fingerprint density at radius 1 is 0.476 bits per heavy atom. The molecular formula is C58H68F6N6O10S2. The van der Waals surface area contributed by atoms with Crippen LogP contribution < -0.4 is 29.1 Å². The molecule has 0 amide bonds. The summed E-state index contributed by atoms with van der Waals surface area (Å²) in [6.07, 6.45) is -10.4. The van der Waals surface area contributed by atoms with E-state index in [4.69, 9.17) is 29.3 Å². The molecule has 0 unspecified atom stereocenters. The summed E-state index contributed by atoms with van der Waals surface area (Å²) < 4.78 is 132. The molecule has 0 aliphatic carbocycles. The summed E-state index contributed by atoms with van der Waals surface area (Å²) in [5, 5.41) is 17.6. The maximum atomic E-state index is 12.7. The normalized spacial score (nSPS) is 15.5. The van der Waals surface area contributed by atoms with E-state index in [2.05, 4.69) is 120 Å². The summed E-state index contributed by atoms with van der Waals surface area (Å²) in [5.74, 6) is -4.77. The Bertz CT molecular complexity index is 3050. The number of likely N-dealkylation sites (N-methyl/N-ethyl adjacent to an activating group) is 2. The number of halogens is 6. The van der Waals surface area contributed by atoms with E-state index in [0.29, 0.717) is 11.5 Å². The fraction of sp³-hybridized carbons (Fsp3) is 0.345. The number of quaternary nitrogens is 2. The predicted octanol–water partition coefficient (Wildman–Crippen LogP) is 6.06. The molecule has 0 radical (unpaired) electrons. The van der Waals surface area contributed by atoms with Crippen LogP contribution in [0.25, 0.3) is 22.3 Å². The molecule has 16 nitrogen and oxygen atoms in total. The molecule has 6 aromatic carbocycles. The first-order valence-electron chi connectivity index (χ1n) is 25.7. The quantitative estimate of drug-likeness (QED) is 0.0841. The summed E-state index contributed by atoms with van der Waals surface area (Å²) in [6, 6.07) is 46.1. The SMILES string of the molecule is COc1ccc(S(=O)(=O)NCc2cccc(-c3cccc(CN4CC[N+](C)(C)CC4)c3)c2)cc1.COc1ccc(S(=O)(=O)NCc2cccc(-c3cccc(CN4CC[N+](C)(C)CC4)c3)c2)cc1.O=C([O-])C(F)(F)F.O=C([O-])C(F)(F)F. The number of methoxy groups -OCH3 is 2. The van der Waals surface area contributed by atoms with Crippen LogP contribution in [-0.4, -0.2) is 155 Å². The number of alkyl halides is 6. The first kappa shape index (κ1) is 65.9. The average Bonchev–Trinajstić information content (AvgIpc) is 3.47. The van der Waals surface area contributed by atoms with Crippen molar-refractivity contribution >= 4 is 32.0 Å². The van der Waals surface area contributed by atoms with Gasteiger partial charge < -0.3 is 38.2 Å². The van der Waals surface area contributed by atoms with Gasteiger partial charge in [0.15, 0.2) is 0 Å². The van der Waals surface area contributed by atoms with Crippen LogP contribution in [0.1, 0.15) is 22.3 Å². The number of carboxylic acid groups (broad SMARTS) is 2. The number of hydrogen-bond donors (Lipinski definition) is 2. The minimum Gasteiger partial charge on any atom is -0.542 e. The number of carbonyl (C=O) groups is 2. The molecule has 0 saturated carbocycles. The average molecular weight is 1190 g/mol. The van der Waals surface area contributed by atoms with Crippen LogP contribution in [0, 0.1) is 0 Å². The molecule has 0 atom stereocenters. The summed E-state index contributed by atoms with van der Waals surface area (Å²) >= 11 is 0. The summed E-state index contributed by atoms with van der Waals surface area (Å²) in [7, 11) is 5.07. The first-order chi connectivity index (χ1) is 38.4. The Balaban J connectivity index is 0.000000244. The summed E-state index contributed by atoms with van der Waals surface area (Å²) in [6.45, 7) is 11.5. The molecule has 2 saturated heterocycles. The van der Waals surface area contributed by atoms with E-state index >= 15 is 0 Å². The topological polar surface area (TPSA) is 198 Å². The van der Waals surface area contributed by atoms with Crippen LogP contribution >= 0.6 is 0 Å². The lowest BCUT2D eigenvalue weighted by Gasteiger charge is -2.39. The van der Waals surface area contributed by atoms with Crippen molar-refractivity contribution < 1.29 is 81.4 Å². The van der Waals surface area contributed by atoms with Crippen LogP contribution in [0.2, 0.25) is 0 Å². The summed E-state index contributed by atoms with van der Waals surface area (Å²) in [5.41, 5.74) is 8.88. The van der Waals surface area contributed by atoms with Crippen molar-refractivity contribution in [2.75, 3.05) is 94.8 Å². The third-order valence-corrected chi connectivity index (χ3v) is 16.2. The molecule has 6 aromatic rings. The number of nitrogens with zero attached hydrogens (tertiary/aromatic N) is 4. The van der Waals surface area contributed by atoms with Crippen molar-refractivity contribution in [3.63, 3.8) is 0 Å². The van der Waals surface area contributed by atoms with Gasteiger partial charge in [-0.3, -0.25) is 9.80 Å². The lowest BCUT2D eigenvalue weighted by molar-refractivity contribution is -0.894. The second-order valence-electron chi connectivity index (χ2n) is 20.7. The van der Waals surface area contributed by atoms with Gasteiger partial charge in [-0.1, -0.05) is 72.8 Å². The van der Waals surface area contributed by atoms with Crippen molar-refractivity contribution in [2.45, 2.75) is 48.3 Å². The zero-order valence-electron chi connectivity index (χ0n) is 46.3. The Kier molecular flexibility index (Phi) is 23.2. The van der Waals surface area contributed by atoms with E-state index in [1.807, 2.05) is 24.3 Å². The van der Waals surface area contributed by atoms with E-state index in [9.17, 15) is 43.2 Å². The Morgan fingerprint density at radius 3 is 0.988 bits per heavy atom. The molecular weight excluding hydrogens is 1120 g/mol. The minimum atomic E-state index is -5.19. The highest BCUT2D eigenvalue weighted by Crippen LogP contribution is 2.26. The van der Waals surface area contributed by atoms with Crippen molar-refractivity contribution in [2.24, 2.45) is 0 Å². The smallest absolute Gasteiger partial charge is 0.430 e. The Morgan fingerprint density at radius 2 is 0.732 bits per heavy atom. The fourth-order valence-electron chi connectivity index (χ4n) is 8.38. The molecule has 2 aliphatic heterocycles. The first-order valence-corrected chi connectivity index (χ1v) is 28.6. The van der Waals surface area contributed by atoms with Crippen molar-refractivity contribution in [3.05, 3.63) is 168 Å². The molecule has 2 N–H and O–H groups in total. The molecule has 24 heteroatoms. The second-order valence-corrected chi connectivity index (χ2v) is 24.2. The number of nitrogens with one attached hydrogen (secondary N) is 2. The molecule has 2 fully saturated rings. The maximum Gasteiger partial charge on any atom is 0.430 e. The zero-order valence-corrected chi connectivity index (χ0v) is 47.9. The number of ether oxygens (including phenoxy) is 2. The summed E-state index contributed by atoms with van der Waals surface area (Å²) in [4.78, 5) is 23.1. The highest BCUT2D eigenvalue weighted by atomic mass is 32.2. The van der Waals surface area contributed by atoms with Crippen molar-refractivity contribution in [3.8, 4) is 33.8 Å². The lowest BCUT2D eigenvalue weighted by Crippen LogP contribution is -2.54. The van der Waals surface area contributed by atoms with Crippen LogP contribution in [-0.2, 0) is 55.8 Å². The standard InChI is InChI=1S/2C27H34N3O3S.2C2HF3O2/c2*1-30(2)16-14-29(15-17-30)21-23-7-5-9-25(19-23)24-8-4-6-22(18-24)20-28-34(31,32)27-12-10-26(33-3)11-13-27;2*3-2(4,5)1(6)7/h2*4-13,18-19,28H,14-17,20-21H2,1-3H3;2*(H,6,7)/q2*+1;;/p-2. The lowest BCUT2D eigenvalue weighted by atomic mass is 10.0. The Labute approximate surface area is 475 Å². The molecule has 2 aliphatic rings. The molecule has 82 heavy (non-hydrogen) atoms. The Hall–Kier alpha value is -6.90. The monoisotopic (exact) mass is 1190 g/mol. The van der Waals surface area contributed by atoms with Crippen molar-refractivity contribution in [1.29, 1.82) is 0 Å². The number of piperazine rings is 2. The molecule has 8 rings (SSSR count). The van der Waals surface area contributed by atoms with Crippen LogP contribution in [0.4, 0.5) is 26.3 Å². The zero-order chi connectivity index (χ0) is 60.5. The maximum absolute atomic E-state index is 12.7. The molecule has 0 spiro atoms. The van der Waals surface area contributed by atoms with Crippen LogP contribution in [0.15, 0.2) is 155 Å².